The Morgan fingerprint density at radius 2 is 2.04 bits per heavy atom. The van der Waals surface area contributed by atoms with Gasteiger partial charge in [-0.3, -0.25) is 4.79 Å². The van der Waals surface area contributed by atoms with Gasteiger partial charge in [-0.25, -0.2) is 4.79 Å². The van der Waals surface area contributed by atoms with E-state index in [-0.39, 0.29) is 5.78 Å². The van der Waals surface area contributed by atoms with E-state index in [4.69, 9.17) is 4.74 Å². The number of esters is 1. The summed E-state index contributed by atoms with van der Waals surface area (Å²) in [4.78, 5) is 25.1. The number of Topliss-reactive ketones (excluding diaryl/α,β-unsaturated/α-hetero) is 1. The number of benzene rings is 1. The normalized spacial score (nSPS) is 17.5. The molecule has 1 aromatic heterocycles. The summed E-state index contributed by atoms with van der Waals surface area (Å²) in [5, 5.41) is 10.3. The molecule has 1 aliphatic heterocycles. The van der Waals surface area contributed by atoms with Crippen molar-refractivity contribution in [1.82, 2.24) is 4.57 Å². The molecular formula is C18H17BrN2O3. The number of nitriles is 1. The molecule has 5 nitrogen and oxygen atoms in total. The standard InChI is InChI=1S/C18H17BrN2O3/c1-18(2,3)24-17(23)16-14(22)5-4-13-8-10-6-12(19)7-11(9-20)15(10)21(13)16/h6-8,16H,4-5H2,1-3H3. The van der Waals surface area contributed by atoms with Crippen LogP contribution in [-0.4, -0.2) is 21.9 Å². The number of rotatable bonds is 1. The maximum absolute atomic E-state index is 12.6. The third-order valence-electron chi connectivity index (χ3n) is 3.92. The van der Waals surface area contributed by atoms with Crippen molar-refractivity contribution < 1.29 is 14.3 Å². The first-order chi connectivity index (χ1) is 11.2. The zero-order valence-electron chi connectivity index (χ0n) is 13.7. The molecule has 2 heterocycles. The molecule has 0 saturated heterocycles. The van der Waals surface area contributed by atoms with E-state index < -0.39 is 17.6 Å². The summed E-state index contributed by atoms with van der Waals surface area (Å²) in [6.07, 6.45) is 0.846. The second-order valence-electron chi connectivity index (χ2n) is 6.91. The molecule has 0 saturated carbocycles. The van der Waals surface area contributed by atoms with Gasteiger partial charge >= 0.3 is 5.97 Å². The highest BCUT2D eigenvalue weighted by atomic mass is 79.9. The highest BCUT2D eigenvalue weighted by Crippen LogP contribution is 2.35. The zero-order valence-corrected chi connectivity index (χ0v) is 15.3. The topological polar surface area (TPSA) is 72.1 Å². The molecule has 0 bridgehead atoms. The minimum atomic E-state index is -1.03. The fourth-order valence-electron chi connectivity index (χ4n) is 3.09. The lowest BCUT2D eigenvalue weighted by Crippen LogP contribution is -2.37. The summed E-state index contributed by atoms with van der Waals surface area (Å²) in [6.45, 7) is 5.31. The molecule has 1 aromatic carbocycles. The Hall–Kier alpha value is -2.13. The van der Waals surface area contributed by atoms with Gasteiger partial charge in [-0.2, -0.15) is 5.26 Å². The second kappa shape index (κ2) is 5.75. The Labute approximate surface area is 148 Å². The van der Waals surface area contributed by atoms with E-state index in [2.05, 4.69) is 22.0 Å². The van der Waals surface area contributed by atoms with Crippen LogP contribution in [0, 0.1) is 11.3 Å². The second-order valence-corrected chi connectivity index (χ2v) is 7.83. The van der Waals surface area contributed by atoms with Crippen molar-refractivity contribution in [2.24, 2.45) is 0 Å². The number of hydrogen-bond donors (Lipinski definition) is 0. The van der Waals surface area contributed by atoms with Crippen molar-refractivity contribution in [3.63, 3.8) is 0 Å². The van der Waals surface area contributed by atoms with E-state index in [1.165, 1.54) is 0 Å². The third-order valence-corrected chi connectivity index (χ3v) is 4.38. The maximum Gasteiger partial charge on any atom is 0.337 e. The molecule has 0 radical (unpaired) electrons. The van der Waals surface area contributed by atoms with Crippen LogP contribution in [0.5, 0.6) is 0 Å². The summed E-state index contributed by atoms with van der Waals surface area (Å²) in [5.74, 6) is -0.751. The van der Waals surface area contributed by atoms with Crippen molar-refractivity contribution in [3.05, 3.63) is 33.9 Å². The molecule has 0 amide bonds. The Bertz CT molecular complexity index is 900. The number of fused-ring (bicyclic) bond motifs is 3. The van der Waals surface area contributed by atoms with Crippen molar-refractivity contribution in [3.8, 4) is 6.07 Å². The summed E-state index contributed by atoms with van der Waals surface area (Å²) >= 11 is 3.39. The lowest BCUT2D eigenvalue weighted by Gasteiger charge is -2.28. The lowest BCUT2D eigenvalue weighted by atomic mass is 10.0. The molecule has 0 spiro atoms. The molecule has 1 atom stereocenters. The van der Waals surface area contributed by atoms with Crippen LogP contribution in [0.15, 0.2) is 22.7 Å². The van der Waals surface area contributed by atoms with E-state index >= 15 is 0 Å². The number of aryl methyl sites for hydroxylation is 1. The highest BCUT2D eigenvalue weighted by Gasteiger charge is 2.38. The molecule has 124 valence electrons. The van der Waals surface area contributed by atoms with Crippen LogP contribution >= 0.6 is 15.9 Å². The van der Waals surface area contributed by atoms with Crippen LogP contribution in [0.1, 0.15) is 44.5 Å². The highest BCUT2D eigenvalue weighted by molar-refractivity contribution is 9.10. The Balaban J connectivity index is 2.23. The molecule has 1 unspecified atom stereocenters. The fraction of sp³-hybridized carbons (Fsp3) is 0.389. The van der Waals surface area contributed by atoms with Crippen LogP contribution in [0.3, 0.4) is 0 Å². The van der Waals surface area contributed by atoms with Crippen LogP contribution in [0.4, 0.5) is 0 Å². The maximum atomic E-state index is 12.6. The first-order valence-electron chi connectivity index (χ1n) is 7.70. The van der Waals surface area contributed by atoms with E-state index in [1.807, 2.05) is 12.1 Å². The smallest absolute Gasteiger partial charge is 0.337 e. The first-order valence-corrected chi connectivity index (χ1v) is 8.49. The average molecular weight is 389 g/mol. The van der Waals surface area contributed by atoms with Crippen LogP contribution in [0.2, 0.25) is 0 Å². The summed E-state index contributed by atoms with van der Waals surface area (Å²) in [5.41, 5.74) is 1.22. The predicted octanol–water partition coefficient (Wildman–Crippen LogP) is 3.67. The molecule has 0 aliphatic carbocycles. The average Bonchev–Trinajstić information content (AvgIpc) is 2.82. The molecule has 2 aromatic rings. The van der Waals surface area contributed by atoms with Gasteiger partial charge in [0.05, 0.1) is 11.1 Å². The molecule has 6 heteroatoms. The van der Waals surface area contributed by atoms with E-state index in [1.54, 1.807) is 31.4 Å². The van der Waals surface area contributed by atoms with E-state index in [0.29, 0.717) is 23.9 Å². The van der Waals surface area contributed by atoms with Crippen LogP contribution < -0.4 is 0 Å². The summed E-state index contributed by atoms with van der Waals surface area (Å²) in [6, 6.07) is 6.64. The number of hydrogen-bond acceptors (Lipinski definition) is 4. The van der Waals surface area contributed by atoms with Gasteiger partial charge in [0.15, 0.2) is 11.8 Å². The fourth-order valence-corrected chi connectivity index (χ4v) is 3.57. The quantitative estimate of drug-likeness (QED) is 0.551. The van der Waals surface area contributed by atoms with E-state index in [9.17, 15) is 14.9 Å². The minimum Gasteiger partial charge on any atom is -0.458 e. The predicted molar refractivity (Wildman–Crippen MR) is 92.6 cm³/mol. The van der Waals surface area contributed by atoms with Gasteiger partial charge in [0, 0.05) is 22.0 Å². The number of nitrogens with zero attached hydrogens (tertiary/aromatic N) is 2. The Morgan fingerprint density at radius 1 is 1.33 bits per heavy atom. The van der Waals surface area contributed by atoms with Crippen LogP contribution in [-0.2, 0) is 20.7 Å². The summed E-state index contributed by atoms with van der Waals surface area (Å²) in [7, 11) is 0. The van der Waals surface area contributed by atoms with Gasteiger partial charge in [0.2, 0.25) is 0 Å². The van der Waals surface area contributed by atoms with Gasteiger partial charge in [-0.1, -0.05) is 15.9 Å². The lowest BCUT2D eigenvalue weighted by molar-refractivity contribution is -0.161. The monoisotopic (exact) mass is 388 g/mol. The van der Waals surface area contributed by atoms with Crippen molar-refractivity contribution in [2.75, 3.05) is 0 Å². The first kappa shape index (κ1) is 16.7. The Kier molecular flexibility index (Phi) is 4.00. The van der Waals surface area contributed by atoms with E-state index in [0.717, 1.165) is 15.6 Å². The van der Waals surface area contributed by atoms with Gasteiger partial charge in [-0.05, 0) is 45.4 Å². The zero-order chi connectivity index (χ0) is 17.6. The minimum absolute atomic E-state index is 0.180. The van der Waals surface area contributed by atoms with Gasteiger partial charge in [-0.15, -0.1) is 0 Å². The van der Waals surface area contributed by atoms with Crippen molar-refractivity contribution in [1.29, 1.82) is 5.26 Å². The van der Waals surface area contributed by atoms with Crippen molar-refractivity contribution in [2.45, 2.75) is 45.3 Å². The molecule has 0 N–H and O–H groups in total. The van der Waals surface area contributed by atoms with Gasteiger partial charge < -0.3 is 9.30 Å². The molecule has 3 rings (SSSR count). The van der Waals surface area contributed by atoms with Gasteiger partial charge in [0.1, 0.15) is 11.7 Å². The molecule has 1 aliphatic rings. The number of aromatic nitrogens is 1. The third kappa shape index (κ3) is 2.84. The molecule has 24 heavy (non-hydrogen) atoms. The molecular weight excluding hydrogens is 372 g/mol. The number of ketones is 1. The van der Waals surface area contributed by atoms with Crippen LogP contribution in [0.25, 0.3) is 10.9 Å². The number of ether oxygens (including phenoxy) is 1. The number of carbonyl (C=O) groups excluding carboxylic acids is 2. The number of halogens is 1. The SMILES string of the molecule is CC(C)(C)OC(=O)C1C(=O)CCc2cc3cc(Br)cc(C#N)c3n21. The largest absolute Gasteiger partial charge is 0.458 e. The summed E-state index contributed by atoms with van der Waals surface area (Å²) < 4.78 is 7.91. The van der Waals surface area contributed by atoms with Crippen molar-refractivity contribution >= 4 is 38.6 Å². The molecule has 0 fully saturated rings. The number of carbonyl (C=O) groups is 2. The Morgan fingerprint density at radius 3 is 2.67 bits per heavy atom. The van der Waals surface area contributed by atoms with Gasteiger partial charge in [0.25, 0.3) is 0 Å².